The summed E-state index contributed by atoms with van der Waals surface area (Å²) in [6.07, 6.45) is 0. The van der Waals surface area contributed by atoms with Gasteiger partial charge in [-0.25, -0.2) is 0 Å². The van der Waals surface area contributed by atoms with Crippen molar-refractivity contribution in [2.24, 2.45) is 0 Å². The van der Waals surface area contributed by atoms with Gasteiger partial charge in [0.05, 0.1) is 0 Å². The molecular weight excluding hydrogens is 703 g/mol. The molecule has 0 amide bonds. The predicted octanol–water partition coefficient (Wildman–Crippen LogP) is 16.0. The Labute approximate surface area is 337 Å². The molecule has 0 fully saturated rings. The molecule has 0 N–H and O–H groups in total. The van der Waals surface area contributed by atoms with Crippen molar-refractivity contribution in [1.29, 1.82) is 0 Å². The molecule has 11 aromatic rings. The standard InChI is InChI=1S/C56H37NO/c1-2-15-41-35-44(30-29-38(41)13-1)50-23-6-5-22-49(50)42-17-9-19-46(36-42)57(47-20-10-18-43(37-47)51-25-11-16-39-14-3-4-21-48(39)51)45-33-31-40(32-34-45)52-26-12-27-54-53-24-7-8-28-55(53)58-56(52)54/h1-37H. The van der Waals surface area contributed by atoms with Crippen molar-refractivity contribution in [2.45, 2.75) is 0 Å². The minimum absolute atomic E-state index is 0.904. The number of rotatable bonds is 7. The zero-order valence-electron chi connectivity index (χ0n) is 31.7. The van der Waals surface area contributed by atoms with Crippen LogP contribution in [-0.4, -0.2) is 0 Å². The number of benzene rings is 10. The van der Waals surface area contributed by atoms with Gasteiger partial charge in [-0.05, 0) is 109 Å². The van der Waals surface area contributed by atoms with Crippen LogP contribution in [0.2, 0.25) is 0 Å². The Kier molecular flexibility index (Phi) is 8.19. The first-order valence-corrected chi connectivity index (χ1v) is 19.8. The molecule has 0 unspecified atom stereocenters. The maximum atomic E-state index is 6.45. The van der Waals surface area contributed by atoms with Crippen LogP contribution in [0.25, 0.3) is 88.0 Å². The number of para-hydroxylation sites is 2. The molecule has 0 aliphatic carbocycles. The summed E-state index contributed by atoms with van der Waals surface area (Å²) in [6, 6.07) is 80.8. The average Bonchev–Trinajstić information content (AvgIpc) is 3.68. The highest BCUT2D eigenvalue weighted by Crippen LogP contribution is 2.42. The molecule has 272 valence electrons. The number of nitrogens with zero attached hydrogens (tertiary/aromatic N) is 1. The molecule has 0 aliphatic rings. The van der Waals surface area contributed by atoms with Gasteiger partial charge < -0.3 is 9.32 Å². The predicted molar refractivity (Wildman–Crippen MR) is 245 cm³/mol. The molecule has 58 heavy (non-hydrogen) atoms. The van der Waals surface area contributed by atoms with E-state index >= 15 is 0 Å². The summed E-state index contributed by atoms with van der Waals surface area (Å²) >= 11 is 0. The molecule has 0 saturated carbocycles. The van der Waals surface area contributed by atoms with Crippen LogP contribution in [0, 0.1) is 0 Å². The lowest BCUT2D eigenvalue weighted by Crippen LogP contribution is -2.10. The highest BCUT2D eigenvalue weighted by molar-refractivity contribution is 6.09. The van der Waals surface area contributed by atoms with Gasteiger partial charge in [-0.1, -0.05) is 176 Å². The molecule has 1 heterocycles. The summed E-state index contributed by atoms with van der Waals surface area (Å²) in [5, 5.41) is 7.22. The van der Waals surface area contributed by atoms with E-state index in [4.69, 9.17) is 4.42 Å². The minimum atomic E-state index is 0.904. The number of hydrogen-bond acceptors (Lipinski definition) is 2. The molecule has 0 spiro atoms. The number of furan rings is 1. The third-order valence-corrected chi connectivity index (χ3v) is 11.4. The lowest BCUT2D eigenvalue weighted by molar-refractivity contribution is 0.670. The molecular formula is C56H37NO. The van der Waals surface area contributed by atoms with Crippen LogP contribution < -0.4 is 4.90 Å². The largest absolute Gasteiger partial charge is 0.455 e. The minimum Gasteiger partial charge on any atom is -0.455 e. The van der Waals surface area contributed by atoms with Gasteiger partial charge in [0, 0.05) is 33.4 Å². The Morgan fingerprint density at radius 2 is 0.793 bits per heavy atom. The number of anilines is 3. The smallest absolute Gasteiger partial charge is 0.143 e. The Balaban J connectivity index is 1.05. The Morgan fingerprint density at radius 3 is 1.57 bits per heavy atom. The summed E-state index contributed by atoms with van der Waals surface area (Å²) in [5.74, 6) is 0. The Hall–Kier alpha value is -7.68. The molecule has 1 aromatic heterocycles. The molecule has 0 bridgehead atoms. The highest BCUT2D eigenvalue weighted by atomic mass is 16.3. The van der Waals surface area contributed by atoms with Gasteiger partial charge in [-0.15, -0.1) is 0 Å². The first kappa shape index (κ1) is 33.6. The van der Waals surface area contributed by atoms with Crippen molar-refractivity contribution in [3.63, 3.8) is 0 Å². The molecule has 0 atom stereocenters. The van der Waals surface area contributed by atoms with Crippen molar-refractivity contribution in [3.05, 3.63) is 224 Å². The van der Waals surface area contributed by atoms with E-state index < -0.39 is 0 Å². The summed E-state index contributed by atoms with van der Waals surface area (Å²) in [5.41, 5.74) is 14.4. The third kappa shape index (κ3) is 5.91. The maximum absolute atomic E-state index is 6.45. The zero-order chi connectivity index (χ0) is 38.4. The highest BCUT2D eigenvalue weighted by Gasteiger charge is 2.18. The van der Waals surface area contributed by atoms with Gasteiger partial charge >= 0.3 is 0 Å². The first-order valence-electron chi connectivity index (χ1n) is 19.8. The Morgan fingerprint density at radius 1 is 0.276 bits per heavy atom. The lowest BCUT2D eigenvalue weighted by atomic mass is 9.93. The second-order valence-electron chi connectivity index (χ2n) is 14.9. The molecule has 2 heteroatoms. The molecule has 0 saturated heterocycles. The Bertz CT molecular complexity index is 3290. The van der Waals surface area contributed by atoms with E-state index in [1.54, 1.807) is 0 Å². The van der Waals surface area contributed by atoms with Crippen LogP contribution in [0.1, 0.15) is 0 Å². The lowest BCUT2D eigenvalue weighted by Gasteiger charge is -2.27. The SMILES string of the molecule is c1cc(-c2ccccc2-c2ccc3ccccc3c2)cc(N(c2ccc(-c3cccc4c3oc3ccccc34)cc2)c2cccc(-c3cccc4ccccc34)c2)c1. The molecule has 10 aromatic carbocycles. The normalized spacial score (nSPS) is 11.4. The quantitative estimate of drug-likeness (QED) is 0.162. The van der Waals surface area contributed by atoms with Crippen LogP contribution >= 0.6 is 0 Å². The zero-order valence-corrected chi connectivity index (χ0v) is 31.7. The van der Waals surface area contributed by atoms with Gasteiger partial charge in [-0.2, -0.15) is 0 Å². The van der Waals surface area contributed by atoms with E-state index in [1.165, 1.54) is 49.4 Å². The fourth-order valence-electron chi connectivity index (χ4n) is 8.66. The van der Waals surface area contributed by atoms with Gasteiger partial charge in [0.15, 0.2) is 0 Å². The summed E-state index contributed by atoms with van der Waals surface area (Å²) < 4.78 is 6.45. The van der Waals surface area contributed by atoms with Crippen molar-refractivity contribution in [1.82, 2.24) is 0 Å². The third-order valence-electron chi connectivity index (χ3n) is 11.4. The van der Waals surface area contributed by atoms with Crippen LogP contribution in [0.4, 0.5) is 17.1 Å². The van der Waals surface area contributed by atoms with Crippen LogP contribution in [0.5, 0.6) is 0 Å². The summed E-state index contributed by atoms with van der Waals surface area (Å²) in [4.78, 5) is 2.38. The number of fused-ring (bicyclic) bond motifs is 5. The van der Waals surface area contributed by atoms with E-state index in [0.717, 1.165) is 55.7 Å². The van der Waals surface area contributed by atoms with Crippen molar-refractivity contribution < 1.29 is 4.42 Å². The van der Waals surface area contributed by atoms with Gasteiger partial charge in [0.1, 0.15) is 11.2 Å². The summed E-state index contributed by atoms with van der Waals surface area (Å²) in [7, 11) is 0. The van der Waals surface area contributed by atoms with Gasteiger partial charge in [0.25, 0.3) is 0 Å². The second-order valence-corrected chi connectivity index (χ2v) is 14.9. The van der Waals surface area contributed by atoms with Crippen molar-refractivity contribution in [2.75, 3.05) is 4.90 Å². The van der Waals surface area contributed by atoms with E-state index in [2.05, 4.69) is 217 Å². The maximum Gasteiger partial charge on any atom is 0.143 e. The van der Waals surface area contributed by atoms with E-state index in [-0.39, 0.29) is 0 Å². The average molecular weight is 740 g/mol. The second kappa shape index (κ2) is 14.1. The molecule has 0 radical (unpaired) electrons. The fourth-order valence-corrected chi connectivity index (χ4v) is 8.66. The van der Waals surface area contributed by atoms with E-state index in [0.29, 0.717) is 0 Å². The fraction of sp³-hybridized carbons (Fsp3) is 0. The number of hydrogen-bond donors (Lipinski definition) is 0. The van der Waals surface area contributed by atoms with Crippen LogP contribution in [0.3, 0.4) is 0 Å². The summed E-state index contributed by atoms with van der Waals surface area (Å²) in [6.45, 7) is 0. The van der Waals surface area contributed by atoms with Crippen LogP contribution in [0.15, 0.2) is 229 Å². The van der Waals surface area contributed by atoms with Crippen molar-refractivity contribution in [3.8, 4) is 44.5 Å². The van der Waals surface area contributed by atoms with Crippen molar-refractivity contribution >= 4 is 60.5 Å². The van der Waals surface area contributed by atoms with Crippen LogP contribution in [-0.2, 0) is 0 Å². The first-order chi connectivity index (χ1) is 28.7. The topological polar surface area (TPSA) is 16.4 Å². The molecule has 11 rings (SSSR count). The monoisotopic (exact) mass is 739 g/mol. The van der Waals surface area contributed by atoms with Gasteiger partial charge in [-0.3, -0.25) is 0 Å². The van der Waals surface area contributed by atoms with Gasteiger partial charge in [0.2, 0.25) is 0 Å². The molecule has 2 nitrogen and oxygen atoms in total. The van der Waals surface area contributed by atoms with E-state index in [9.17, 15) is 0 Å². The molecule has 0 aliphatic heterocycles. The van der Waals surface area contributed by atoms with E-state index in [1.807, 2.05) is 12.1 Å².